The maximum atomic E-state index is 9.12. The molecule has 70 valence electrons. The van der Waals surface area contributed by atoms with E-state index in [0.717, 1.165) is 12.8 Å². The molecular weight excluding hydrogens is 174 g/mol. The molecular formula is C8H14NO2S-. The van der Waals surface area contributed by atoms with E-state index < -0.39 is 0 Å². The average molecular weight is 188 g/mol. The van der Waals surface area contributed by atoms with Gasteiger partial charge in [-0.15, -0.1) is 5.23 Å². The largest absolute Gasteiger partial charge is 0.787 e. The molecule has 0 atom stereocenters. The highest BCUT2D eigenvalue weighted by Crippen LogP contribution is 2.05. The zero-order valence-corrected chi connectivity index (χ0v) is 8.17. The minimum atomic E-state index is 0.564. The van der Waals surface area contributed by atoms with Crippen molar-refractivity contribution in [3.63, 3.8) is 0 Å². The summed E-state index contributed by atoms with van der Waals surface area (Å²) in [5.74, 6) is 0. The standard InChI is InChI=1S/C8H15NO2S/c1-3-4-5-8(6-7-12)9(10)11-2/h5-7,10,12H,3-4H2,1-2H3/p-1/b7-6-,8-5+. The monoisotopic (exact) mass is 188 g/mol. The number of unbranched alkanes of at least 4 members (excludes halogenated alkanes) is 1. The maximum absolute atomic E-state index is 9.12. The van der Waals surface area contributed by atoms with E-state index >= 15 is 0 Å². The Morgan fingerprint density at radius 3 is 2.75 bits per heavy atom. The number of hydrogen-bond acceptors (Lipinski definition) is 4. The predicted molar refractivity (Wildman–Crippen MR) is 50.1 cm³/mol. The van der Waals surface area contributed by atoms with Gasteiger partial charge in [-0.05, 0) is 6.42 Å². The van der Waals surface area contributed by atoms with Crippen molar-refractivity contribution in [3.05, 3.63) is 23.3 Å². The van der Waals surface area contributed by atoms with Gasteiger partial charge in [0.25, 0.3) is 0 Å². The molecule has 0 bridgehead atoms. The normalized spacial score (nSPS) is 12.4. The Morgan fingerprint density at radius 1 is 1.67 bits per heavy atom. The molecule has 0 saturated heterocycles. The Balaban J connectivity index is 4.20. The first kappa shape index (κ1) is 11.4. The van der Waals surface area contributed by atoms with Gasteiger partial charge >= 0.3 is 0 Å². The highest BCUT2D eigenvalue weighted by Gasteiger charge is 1.98. The summed E-state index contributed by atoms with van der Waals surface area (Å²) >= 11 is 4.63. The lowest BCUT2D eigenvalue weighted by atomic mass is 10.3. The molecule has 0 amide bonds. The van der Waals surface area contributed by atoms with Crippen LogP contribution in [0.15, 0.2) is 23.3 Å². The van der Waals surface area contributed by atoms with Crippen molar-refractivity contribution in [1.82, 2.24) is 5.23 Å². The van der Waals surface area contributed by atoms with Crippen LogP contribution in [0.4, 0.5) is 0 Å². The minimum Gasteiger partial charge on any atom is -0.787 e. The lowest BCUT2D eigenvalue weighted by molar-refractivity contribution is -0.296. The summed E-state index contributed by atoms with van der Waals surface area (Å²) in [5.41, 5.74) is 0.564. The van der Waals surface area contributed by atoms with Crippen molar-refractivity contribution in [1.29, 1.82) is 0 Å². The van der Waals surface area contributed by atoms with Gasteiger partial charge in [0, 0.05) is 0 Å². The van der Waals surface area contributed by atoms with Crippen molar-refractivity contribution in [2.75, 3.05) is 7.11 Å². The van der Waals surface area contributed by atoms with Gasteiger partial charge in [0.1, 0.15) is 0 Å². The maximum Gasteiger partial charge on any atom is 0.0884 e. The predicted octanol–water partition coefficient (Wildman–Crippen LogP) is 1.98. The Bertz CT molecular complexity index is 168. The summed E-state index contributed by atoms with van der Waals surface area (Å²) in [5, 5.41) is 11.2. The molecule has 0 aromatic carbocycles. The van der Waals surface area contributed by atoms with E-state index in [2.05, 4.69) is 24.4 Å². The second kappa shape index (κ2) is 7.09. The molecule has 4 heteroatoms. The second-order valence-corrected chi connectivity index (χ2v) is 2.45. The van der Waals surface area contributed by atoms with Crippen LogP contribution in [0.2, 0.25) is 0 Å². The molecule has 0 aliphatic heterocycles. The molecule has 0 unspecified atom stereocenters. The van der Waals surface area contributed by atoms with Gasteiger partial charge in [0.15, 0.2) is 0 Å². The van der Waals surface area contributed by atoms with Gasteiger partial charge in [-0.3, -0.25) is 10.0 Å². The van der Waals surface area contributed by atoms with Gasteiger partial charge in [0.05, 0.1) is 12.8 Å². The number of hydroxylamine groups is 2. The van der Waals surface area contributed by atoms with Crippen LogP contribution in [0.5, 0.6) is 0 Å². The van der Waals surface area contributed by atoms with Crippen molar-refractivity contribution >= 4 is 12.6 Å². The second-order valence-electron chi connectivity index (χ2n) is 2.18. The van der Waals surface area contributed by atoms with E-state index in [1.807, 2.05) is 6.08 Å². The zero-order valence-electron chi connectivity index (χ0n) is 7.36. The van der Waals surface area contributed by atoms with E-state index in [1.54, 1.807) is 6.08 Å². The van der Waals surface area contributed by atoms with Crippen LogP contribution < -0.4 is 0 Å². The molecule has 0 spiro atoms. The van der Waals surface area contributed by atoms with E-state index in [0.29, 0.717) is 10.9 Å². The molecule has 0 fully saturated rings. The van der Waals surface area contributed by atoms with Crippen molar-refractivity contribution < 1.29 is 10.0 Å². The van der Waals surface area contributed by atoms with Crippen LogP contribution in [-0.2, 0) is 17.5 Å². The topological polar surface area (TPSA) is 32.7 Å². The molecule has 0 rings (SSSR count). The first-order chi connectivity index (χ1) is 5.76. The van der Waals surface area contributed by atoms with Crippen LogP contribution in [0, 0.1) is 0 Å². The third kappa shape index (κ3) is 4.33. The van der Waals surface area contributed by atoms with E-state index in [9.17, 15) is 0 Å². The van der Waals surface area contributed by atoms with Crippen LogP contribution in [0.1, 0.15) is 19.8 Å². The van der Waals surface area contributed by atoms with Gasteiger partial charge in [-0.2, -0.15) is 0 Å². The molecule has 0 heterocycles. The fourth-order valence-corrected chi connectivity index (χ4v) is 0.817. The van der Waals surface area contributed by atoms with Gasteiger partial charge < -0.3 is 12.6 Å². The zero-order chi connectivity index (χ0) is 9.40. The smallest absolute Gasteiger partial charge is 0.0884 e. The van der Waals surface area contributed by atoms with E-state index in [4.69, 9.17) is 5.21 Å². The van der Waals surface area contributed by atoms with E-state index in [-0.39, 0.29) is 0 Å². The molecule has 0 aliphatic rings. The van der Waals surface area contributed by atoms with Crippen LogP contribution in [-0.4, -0.2) is 17.5 Å². The molecule has 12 heavy (non-hydrogen) atoms. The minimum absolute atomic E-state index is 0.564. The third-order valence-corrected chi connectivity index (χ3v) is 1.41. The van der Waals surface area contributed by atoms with Crippen molar-refractivity contribution in [2.45, 2.75) is 19.8 Å². The molecule has 0 aromatic heterocycles. The number of hydrogen-bond donors (Lipinski definition) is 1. The summed E-state index contributed by atoms with van der Waals surface area (Å²) in [7, 11) is 1.39. The summed E-state index contributed by atoms with van der Waals surface area (Å²) in [4.78, 5) is 4.58. The Kier molecular flexibility index (Phi) is 6.75. The highest BCUT2D eigenvalue weighted by molar-refractivity contribution is 7.62. The summed E-state index contributed by atoms with van der Waals surface area (Å²) in [6.07, 6.45) is 5.36. The SMILES string of the molecule is CCC/C=C(\C=C/[S-])N(O)OC. The molecule has 0 aliphatic carbocycles. The Labute approximate surface area is 78.6 Å². The van der Waals surface area contributed by atoms with Crippen molar-refractivity contribution in [3.8, 4) is 0 Å². The molecule has 0 radical (unpaired) electrons. The quantitative estimate of drug-likeness (QED) is 0.406. The highest BCUT2D eigenvalue weighted by atomic mass is 32.1. The van der Waals surface area contributed by atoms with Gasteiger partial charge in [0.2, 0.25) is 0 Å². The van der Waals surface area contributed by atoms with E-state index in [1.165, 1.54) is 12.5 Å². The van der Waals surface area contributed by atoms with Crippen LogP contribution in [0.3, 0.4) is 0 Å². The molecule has 0 aromatic rings. The van der Waals surface area contributed by atoms with Gasteiger partial charge in [-0.25, -0.2) is 5.41 Å². The molecule has 0 saturated carbocycles. The number of allylic oxidation sites excluding steroid dienone is 2. The summed E-state index contributed by atoms with van der Waals surface area (Å²) in [6.45, 7) is 2.06. The Morgan fingerprint density at radius 2 is 2.33 bits per heavy atom. The average Bonchev–Trinajstić information content (AvgIpc) is 2.11. The summed E-state index contributed by atoms with van der Waals surface area (Å²) < 4.78 is 0. The Hall–Kier alpha value is -0.580. The van der Waals surface area contributed by atoms with Crippen LogP contribution >= 0.6 is 0 Å². The molecule has 1 N–H and O–H groups in total. The first-order valence-corrected chi connectivity index (χ1v) is 4.25. The van der Waals surface area contributed by atoms with Crippen LogP contribution in [0.25, 0.3) is 0 Å². The fraction of sp³-hybridized carbons (Fsp3) is 0.500. The van der Waals surface area contributed by atoms with Crippen molar-refractivity contribution in [2.24, 2.45) is 0 Å². The number of nitrogens with zero attached hydrogens (tertiary/aromatic N) is 1. The number of rotatable bonds is 5. The molecule has 3 nitrogen and oxygen atoms in total. The summed E-state index contributed by atoms with van der Waals surface area (Å²) in [6, 6.07) is 0. The lowest BCUT2D eigenvalue weighted by Crippen LogP contribution is -2.15. The first-order valence-electron chi connectivity index (χ1n) is 3.78. The van der Waals surface area contributed by atoms with Gasteiger partial charge in [-0.1, -0.05) is 25.5 Å². The third-order valence-electron chi connectivity index (χ3n) is 1.27. The lowest BCUT2D eigenvalue weighted by Gasteiger charge is -2.14. The fourth-order valence-electron chi connectivity index (χ4n) is 0.677.